The van der Waals surface area contributed by atoms with Crippen molar-refractivity contribution < 1.29 is 9.59 Å². The van der Waals surface area contributed by atoms with Crippen molar-refractivity contribution in [2.24, 2.45) is 4.99 Å². The molecule has 1 heterocycles. The highest BCUT2D eigenvalue weighted by Gasteiger charge is 2.35. The van der Waals surface area contributed by atoms with E-state index in [1.807, 2.05) is 0 Å². The van der Waals surface area contributed by atoms with Crippen molar-refractivity contribution in [2.45, 2.75) is 71.6 Å². The minimum Gasteiger partial charge on any atom is -0.390 e. The fourth-order valence-corrected chi connectivity index (χ4v) is 3.39. The van der Waals surface area contributed by atoms with Crippen molar-refractivity contribution in [3.8, 4) is 0 Å². The number of nitrogens with zero attached hydrogens (tertiary/aromatic N) is 2. The van der Waals surface area contributed by atoms with Gasteiger partial charge in [-0.25, -0.2) is 4.99 Å². The predicted octanol–water partition coefficient (Wildman–Crippen LogP) is 4.31. The number of hydrogen-bond acceptors (Lipinski definition) is 2. The van der Waals surface area contributed by atoms with Gasteiger partial charge in [-0.1, -0.05) is 51.2 Å². The van der Waals surface area contributed by atoms with E-state index in [2.05, 4.69) is 26.0 Å². The molecule has 0 saturated heterocycles. The van der Waals surface area contributed by atoms with E-state index in [9.17, 15) is 5.11 Å². The van der Waals surface area contributed by atoms with Crippen molar-refractivity contribution in [3.63, 3.8) is 0 Å². The minimum atomic E-state index is 0.265. The summed E-state index contributed by atoms with van der Waals surface area (Å²) in [4.78, 5) is 4.70. The van der Waals surface area contributed by atoms with E-state index in [1.54, 1.807) is 0 Å². The maximum absolute atomic E-state index is 9.30. The molecule has 3 nitrogen and oxygen atoms in total. The fourth-order valence-electron chi connectivity index (χ4n) is 3.39. The van der Waals surface area contributed by atoms with Gasteiger partial charge < -0.3 is 5.11 Å². The van der Waals surface area contributed by atoms with Gasteiger partial charge in [0.2, 0.25) is 0 Å². The molecule has 22 heavy (non-hydrogen) atoms. The Kier molecular flexibility index (Phi) is 10.4. The maximum atomic E-state index is 9.30. The van der Waals surface area contributed by atoms with Gasteiger partial charge in [0.05, 0.1) is 19.7 Å². The number of rotatable bonds is 13. The normalized spacial score (nSPS) is 21.7. The third kappa shape index (κ3) is 6.62. The molecular formula is C19H37N2O+. The van der Waals surface area contributed by atoms with Gasteiger partial charge in [-0.2, -0.15) is 0 Å². The molecule has 1 N–H and O–H groups in total. The molecule has 0 aromatic heterocycles. The van der Waals surface area contributed by atoms with Gasteiger partial charge >= 0.3 is 0 Å². The maximum Gasteiger partial charge on any atom is 0.198 e. The summed E-state index contributed by atoms with van der Waals surface area (Å²) in [5.74, 6) is 1.31. The number of aliphatic hydroxyl groups excluding tert-OH is 1. The van der Waals surface area contributed by atoms with Crippen LogP contribution in [0.2, 0.25) is 0 Å². The zero-order valence-electron chi connectivity index (χ0n) is 14.9. The Morgan fingerprint density at radius 3 is 2.50 bits per heavy atom. The number of aliphatic imine (C=N–C) groups is 1. The Labute approximate surface area is 137 Å². The number of likely N-dealkylation sites (N-methyl/N-ethyl adjacent to an activating group) is 1. The number of allylic oxidation sites excluding steroid dienone is 2. The number of quaternary nitrogens is 1. The van der Waals surface area contributed by atoms with Crippen LogP contribution in [0.25, 0.3) is 0 Å². The number of unbranched alkanes of at least 4 members (excludes halogenated alkanes) is 6. The molecule has 1 atom stereocenters. The SMILES string of the molecule is CCCCCCCC/C=C/CCC1=NCC[N+]1(CC)CCO. The van der Waals surface area contributed by atoms with Crippen molar-refractivity contribution in [1.29, 1.82) is 0 Å². The first-order chi connectivity index (χ1) is 10.8. The molecule has 0 bridgehead atoms. The second kappa shape index (κ2) is 11.8. The summed E-state index contributed by atoms with van der Waals surface area (Å²) in [5, 5.41) is 9.30. The first-order valence-electron chi connectivity index (χ1n) is 9.45. The third-order valence-corrected chi connectivity index (χ3v) is 4.93. The molecule has 1 aliphatic rings. The number of amidine groups is 1. The van der Waals surface area contributed by atoms with Crippen molar-refractivity contribution >= 4 is 5.84 Å². The predicted molar refractivity (Wildman–Crippen MR) is 96.3 cm³/mol. The minimum absolute atomic E-state index is 0.265. The standard InChI is InChI=1S/C19H37N2O/c1-3-5-6-7-8-9-10-11-12-13-14-19-20-15-16-21(19,4-2)17-18-22/h11-12,22H,3-10,13-18H2,1-2H3/q+1/b12-11+. The van der Waals surface area contributed by atoms with Crippen LogP contribution in [0.4, 0.5) is 0 Å². The van der Waals surface area contributed by atoms with Crippen LogP contribution in [0, 0.1) is 0 Å². The topological polar surface area (TPSA) is 32.6 Å². The summed E-state index contributed by atoms with van der Waals surface area (Å²) in [6.07, 6.45) is 16.3. The molecule has 0 saturated carbocycles. The Morgan fingerprint density at radius 1 is 1.05 bits per heavy atom. The molecular weight excluding hydrogens is 272 g/mol. The first-order valence-corrected chi connectivity index (χ1v) is 9.45. The molecule has 1 aliphatic heterocycles. The Bertz CT molecular complexity index is 338. The van der Waals surface area contributed by atoms with E-state index >= 15 is 0 Å². The summed E-state index contributed by atoms with van der Waals surface area (Å²) in [6, 6.07) is 0. The molecule has 0 radical (unpaired) electrons. The van der Waals surface area contributed by atoms with Crippen LogP contribution in [0.5, 0.6) is 0 Å². The summed E-state index contributed by atoms with van der Waals surface area (Å²) in [6.45, 7) is 8.64. The van der Waals surface area contributed by atoms with E-state index in [1.165, 1.54) is 50.8 Å². The van der Waals surface area contributed by atoms with Crippen LogP contribution < -0.4 is 0 Å². The molecule has 0 aromatic rings. The fraction of sp³-hybridized carbons (Fsp3) is 0.842. The molecule has 3 heteroatoms. The molecule has 0 spiro atoms. The lowest BCUT2D eigenvalue weighted by atomic mass is 10.1. The van der Waals surface area contributed by atoms with Crippen molar-refractivity contribution in [2.75, 3.05) is 32.8 Å². The Balaban J connectivity index is 2.14. The molecule has 0 aliphatic carbocycles. The molecule has 1 unspecified atom stereocenters. The monoisotopic (exact) mass is 309 g/mol. The van der Waals surface area contributed by atoms with Gasteiger partial charge in [-0.15, -0.1) is 0 Å². The van der Waals surface area contributed by atoms with Crippen LogP contribution in [0.1, 0.15) is 71.6 Å². The molecule has 0 amide bonds. The van der Waals surface area contributed by atoms with Gasteiger partial charge in [-0.3, -0.25) is 4.48 Å². The smallest absolute Gasteiger partial charge is 0.198 e. The largest absolute Gasteiger partial charge is 0.390 e. The van der Waals surface area contributed by atoms with Gasteiger partial charge in [0, 0.05) is 6.42 Å². The average Bonchev–Trinajstić information content (AvgIpc) is 2.93. The van der Waals surface area contributed by atoms with Crippen LogP contribution in [0.3, 0.4) is 0 Å². The van der Waals surface area contributed by atoms with Gasteiger partial charge in [0.15, 0.2) is 5.84 Å². The summed E-state index contributed by atoms with van der Waals surface area (Å²) >= 11 is 0. The number of aliphatic hydroxyl groups is 1. The molecule has 1 rings (SSSR count). The highest BCUT2D eigenvalue weighted by Crippen LogP contribution is 2.18. The van der Waals surface area contributed by atoms with Crippen LogP contribution >= 0.6 is 0 Å². The van der Waals surface area contributed by atoms with E-state index in [4.69, 9.17) is 4.99 Å². The zero-order chi connectivity index (χ0) is 16.1. The van der Waals surface area contributed by atoms with Crippen LogP contribution in [-0.2, 0) is 0 Å². The first kappa shape index (κ1) is 19.4. The van der Waals surface area contributed by atoms with Gasteiger partial charge in [0.1, 0.15) is 13.1 Å². The molecule has 0 fully saturated rings. The lowest BCUT2D eigenvalue weighted by Gasteiger charge is -2.32. The van der Waals surface area contributed by atoms with Crippen molar-refractivity contribution in [3.05, 3.63) is 12.2 Å². The Morgan fingerprint density at radius 2 is 1.77 bits per heavy atom. The van der Waals surface area contributed by atoms with Crippen molar-refractivity contribution in [1.82, 2.24) is 0 Å². The van der Waals surface area contributed by atoms with E-state index in [0.717, 1.165) is 43.5 Å². The Hall–Kier alpha value is -0.670. The second-order valence-electron chi connectivity index (χ2n) is 6.50. The second-order valence-corrected chi connectivity index (χ2v) is 6.50. The van der Waals surface area contributed by atoms with E-state index < -0.39 is 0 Å². The van der Waals surface area contributed by atoms with E-state index in [0.29, 0.717) is 0 Å². The van der Waals surface area contributed by atoms with Crippen LogP contribution in [-0.4, -0.2) is 48.2 Å². The molecule has 0 aromatic carbocycles. The highest BCUT2D eigenvalue weighted by atomic mass is 16.3. The van der Waals surface area contributed by atoms with Crippen LogP contribution in [0.15, 0.2) is 17.1 Å². The lowest BCUT2D eigenvalue weighted by molar-refractivity contribution is -0.835. The zero-order valence-corrected chi connectivity index (χ0v) is 14.9. The van der Waals surface area contributed by atoms with Gasteiger partial charge in [0.25, 0.3) is 0 Å². The van der Waals surface area contributed by atoms with E-state index in [-0.39, 0.29) is 6.61 Å². The summed E-state index contributed by atoms with van der Waals surface area (Å²) in [7, 11) is 0. The summed E-state index contributed by atoms with van der Waals surface area (Å²) < 4.78 is 0.918. The lowest BCUT2D eigenvalue weighted by Crippen LogP contribution is -2.52. The summed E-state index contributed by atoms with van der Waals surface area (Å²) in [5.41, 5.74) is 0. The highest BCUT2D eigenvalue weighted by molar-refractivity contribution is 5.77. The quantitative estimate of drug-likeness (QED) is 0.307. The van der Waals surface area contributed by atoms with Gasteiger partial charge in [-0.05, 0) is 26.2 Å². The molecule has 128 valence electrons. The third-order valence-electron chi connectivity index (χ3n) is 4.93. The number of hydrogen-bond donors (Lipinski definition) is 1. The average molecular weight is 310 g/mol.